The summed E-state index contributed by atoms with van der Waals surface area (Å²) in [6.45, 7) is 0. The molecule has 0 aromatic heterocycles. The molecule has 0 atom stereocenters. The maximum absolute atomic E-state index is 4.33. The quantitative estimate of drug-likeness (QED) is 0.259. The molecule has 1 aromatic carbocycles. The normalized spacial score (nSPS) is 10.9. The summed E-state index contributed by atoms with van der Waals surface area (Å²) in [6, 6.07) is 4.34. The lowest BCUT2D eigenvalue weighted by atomic mass is 10.3. The summed E-state index contributed by atoms with van der Waals surface area (Å²) < 4.78 is 0. The minimum absolute atomic E-state index is 0.773. The van der Waals surface area contributed by atoms with Gasteiger partial charge in [0.25, 0.3) is 0 Å². The lowest BCUT2D eigenvalue weighted by molar-refractivity contribution is 1.04. The van der Waals surface area contributed by atoms with Crippen molar-refractivity contribution in [2.45, 2.75) is 19.6 Å². The molecule has 0 saturated heterocycles. The molecule has 18 heavy (non-hydrogen) atoms. The Morgan fingerprint density at radius 3 is 1.22 bits per heavy atom. The third-order valence-electron chi connectivity index (χ3n) is 1.90. The van der Waals surface area contributed by atoms with Crippen LogP contribution in [0.5, 0.6) is 0 Å². The molecule has 0 nitrogen and oxygen atoms in total. The molecule has 0 spiro atoms. The summed E-state index contributed by atoms with van der Waals surface area (Å²) in [6.07, 6.45) is 0. The van der Waals surface area contributed by atoms with Gasteiger partial charge in [-0.3, -0.25) is 0 Å². The molecular weight excluding hydrogens is 377 g/mol. The molecule has 0 aliphatic carbocycles. The maximum Gasteiger partial charge on any atom is 0.0410 e. The number of hydrogen-bond acceptors (Lipinski definition) is 8. The lowest BCUT2D eigenvalue weighted by Gasteiger charge is -2.15. The zero-order valence-corrected chi connectivity index (χ0v) is 16.2. The van der Waals surface area contributed by atoms with Crippen molar-refractivity contribution in [2.75, 3.05) is 20.3 Å². The van der Waals surface area contributed by atoms with Crippen molar-refractivity contribution in [3.63, 3.8) is 0 Å². The van der Waals surface area contributed by atoms with E-state index < -0.39 is 0 Å². The van der Waals surface area contributed by atoms with Gasteiger partial charge in [-0.2, -0.15) is 50.5 Å². The van der Waals surface area contributed by atoms with Crippen LogP contribution in [-0.4, -0.2) is 20.3 Å². The van der Waals surface area contributed by atoms with Gasteiger partial charge in [0.15, 0.2) is 0 Å². The van der Waals surface area contributed by atoms with Crippen molar-refractivity contribution in [1.29, 1.82) is 0 Å². The van der Waals surface area contributed by atoms with E-state index in [1.807, 2.05) is 0 Å². The van der Waals surface area contributed by atoms with Crippen molar-refractivity contribution in [2.24, 2.45) is 0 Å². The van der Waals surface area contributed by atoms with Crippen LogP contribution in [0.1, 0.15) is 0 Å². The van der Waals surface area contributed by atoms with Crippen molar-refractivity contribution in [3.05, 3.63) is 12.1 Å². The Kier molecular flexibility index (Phi) is 10.7. The predicted molar refractivity (Wildman–Crippen MR) is 105 cm³/mol. The Morgan fingerprint density at radius 1 is 0.611 bits per heavy atom. The Labute approximate surface area is 148 Å². The Hall–Kier alpha value is 2.02. The van der Waals surface area contributed by atoms with Gasteiger partial charge in [0.2, 0.25) is 0 Å². The minimum Gasteiger partial charge on any atom is -0.168 e. The van der Waals surface area contributed by atoms with Crippen molar-refractivity contribution in [1.82, 2.24) is 0 Å². The first-order valence-electron chi connectivity index (χ1n) is 4.90. The highest BCUT2D eigenvalue weighted by atomic mass is 32.2. The van der Waals surface area contributed by atoms with Crippen molar-refractivity contribution < 1.29 is 0 Å². The fraction of sp³-hybridized carbons (Fsp3) is 0.400. The van der Waals surface area contributed by atoms with Gasteiger partial charge in [-0.1, -0.05) is 0 Å². The Balaban J connectivity index is 3.19. The van der Waals surface area contributed by atoms with Gasteiger partial charge in [-0.15, -0.1) is 47.0 Å². The molecule has 0 heterocycles. The zero-order chi connectivity index (χ0) is 13.4. The van der Waals surface area contributed by atoms with Crippen molar-refractivity contribution in [3.8, 4) is 0 Å². The largest absolute Gasteiger partial charge is 0.168 e. The van der Waals surface area contributed by atoms with E-state index in [4.69, 9.17) is 0 Å². The fourth-order valence-electron chi connectivity index (χ4n) is 1.30. The summed E-state index contributed by atoms with van der Waals surface area (Å²) in [5.74, 6) is 0. The Morgan fingerprint density at radius 2 is 0.944 bits per heavy atom. The molecule has 0 aliphatic heterocycles. The van der Waals surface area contributed by atoms with Crippen LogP contribution in [0.25, 0.3) is 0 Å². The molecule has 0 amide bonds. The Bertz CT molecular complexity index is 332. The second kappa shape index (κ2) is 10.7. The van der Waals surface area contributed by atoms with Crippen LogP contribution in [-0.2, 0) is 0 Å². The first-order chi connectivity index (χ1) is 8.78. The number of hydrogen-bond donors (Lipinski definition) is 4. The van der Waals surface area contributed by atoms with E-state index in [-0.39, 0.29) is 0 Å². The molecule has 0 unspecified atom stereocenters. The van der Waals surface area contributed by atoms with E-state index in [9.17, 15) is 0 Å². The van der Waals surface area contributed by atoms with Crippen LogP contribution in [0.3, 0.4) is 0 Å². The second-order valence-electron chi connectivity index (χ2n) is 2.81. The predicted octanol–water partition coefficient (Wildman–Crippen LogP) is 5.60. The van der Waals surface area contributed by atoms with Crippen LogP contribution < -0.4 is 0 Å². The van der Waals surface area contributed by atoms with Crippen molar-refractivity contribution >= 4 is 97.6 Å². The van der Waals surface area contributed by atoms with Gasteiger partial charge in [0.05, 0.1) is 0 Å². The molecule has 102 valence electrons. The SMILES string of the molecule is SCSc1ccc(SCS)c(SCS)c1SCS. The standard InChI is InChI=1S/C10H14S8/c11-3-15-7-1-2-8(16-4-12)10(18-6-14)9(7)17-5-13/h1-2,11-14H,3-6H2. The van der Waals surface area contributed by atoms with Gasteiger partial charge in [0, 0.05) is 39.9 Å². The summed E-state index contributed by atoms with van der Waals surface area (Å²) >= 11 is 24.3. The first-order valence-corrected chi connectivity index (χ1v) is 11.4. The van der Waals surface area contributed by atoms with Gasteiger partial charge < -0.3 is 0 Å². The zero-order valence-electron chi connectivity index (χ0n) is 9.40. The number of rotatable bonds is 8. The highest BCUT2D eigenvalue weighted by molar-refractivity contribution is 8.13. The number of thioether (sulfide) groups is 4. The summed E-state index contributed by atoms with van der Waals surface area (Å²) in [5, 5.41) is 3.11. The summed E-state index contributed by atoms with van der Waals surface area (Å²) in [4.78, 5) is 5.15. The van der Waals surface area contributed by atoms with E-state index in [2.05, 4.69) is 62.6 Å². The van der Waals surface area contributed by atoms with Crippen LogP contribution >= 0.6 is 97.6 Å². The number of thiol groups is 4. The lowest BCUT2D eigenvalue weighted by Crippen LogP contribution is -1.89. The molecule has 0 fully saturated rings. The fourth-order valence-corrected chi connectivity index (χ4v) is 6.33. The van der Waals surface area contributed by atoms with Gasteiger partial charge >= 0.3 is 0 Å². The molecule has 0 bridgehead atoms. The van der Waals surface area contributed by atoms with E-state index in [1.165, 1.54) is 19.6 Å². The third kappa shape index (κ3) is 5.42. The second-order valence-corrected chi connectivity index (χ2v) is 9.80. The average molecular weight is 391 g/mol. The van der Waals surface area contributed by atoms with E-state index in [1.54, 1.807) is 47.0 Å². The molecular formula is C10H14S8. The highest BCUT2D eigenvalue weighted by Crippen LogP contribution is 2.44. The average Bonchev–Trinajstić information content (AvgIpc) is 2.37. The van der Waals surface area contributed by atoms with Crippen LogP contribution in [0.4, 0.5) is 0 Å². The highest BCUT2D eigenvalue weighted by Gasteiger charge is 2.14. The summed E-state index contributed by atoms with van der Waals surface area (Å²) in [5.41, 5.74) is 0. The summed E-state index contributed by atoms with van der Waals surface area (Å²) in [7, 11) is 0. The molecule has 0 saturated carbocycles. The molecule has 1 aromatic rings. The monoisotopic (exact) mass is 390 g/mol. The van der Waals surface area contributed by atoms with Crippen LogP contribution in [0.2, 0.25) is 0 Å². The topological polar surface area (TPSA) is 0 Å². The maximum atomic E-state index is 4.33. The van der Waals surface area contributed by atoms with Crippen LogP contribution in [0.15, 0.2) is 31.7 Å². The molecule has 1 rings (SSSR count). The molecule has 8 heteroatoms. The van der Waals surface area contributed by atoms with Crippen LogP contribution in [0, 0.1) is 0 Å². The molecule has 0 N–H and O–H groups in total. The van der Waals surface area contributed by atoms with E-state index in [0.717, 1.165) is 20.3 Å². The van der Waals surface area contributed by atoms with E-state index in [0.29, 0.717) is 0 Å². The van der Waals surface area contributed by atoms with Gasteiger partial charge in [-0.05, 0) is 12.1 Å². The first kappa shape index (κ1) is 18.1. The van der Waals surface area contributed by atoms with Gasteiger partial charge in [0.1, 0.15) is 0 Å². The molecule has 0 radical (unpaired) electrons. The third-order valence-corrected chi connectivity index (χ3v) is 7.08. The number of benzene rings is 1. The van der Waals surface area contributed by atoms with E-state index >= 15 is 0 Å². The molecule has 0 aliphatic rings. The smallest absolute Gasteiger partial charge is 0.0410 e. The minimum atomic E-state index is 0.773. The van der Waals surface area contributed by atoms with Gasteiger partial charge in [-0.25, -0.2) is 0 Å².